The Hall–Kier alpha value is -4.12. The number of aliphatic hydroxyl groups is 1. The van der Waals surface area contributed by atoms with Crippen LogP contribution in [-0.4, -0.2) is 85.1 Å². The highest BCUT2D eigenvalue weighted by Gasteiger charge is 2.30. The van der Waals surface area contributed by atoms with Crippen LogP contribution in [0.4, 0.5) is 5.69 Å². The van der Waals surface area contributed by atoms with Crippen molar-refractivity contribution in [2.24, 2.45) is 5.92 Å². The molecule has 0 aromatic heterocycles. The van der Waals surface area contributed by atoms with Crippen LogP contribution in [0, 0.1) is 5.92 Å². The molecule has 0 unspecified atom stereocenters. The Morgan fingerprint density at radius 1 is 1.02 bits per heavy atom. The van der Waals surface area contributed by atoms with Gasteiger partial charge in [0, 0.05) is 43.4 Å². The average Bonchev–Trinajstić information content (AvgIpc) is 3.54. The molecule has 0 aliphatic carbocycles. The third-order valence-corrected chi connectivity index (χ3v) is 8.73. The van der Waals surface area contributed by atoms with Crippen molar-refractivity contribution in [3.05, 3.63) is 83.4 Å². The maximum Gasteiger partial charge on any atom is 0.258 e. The van der Waals surface area contributed by atoms with Gasteiger partial charge in [0.15, 0.2) is 11.5 Å². The Morgan fingerprint density at radius 3 is 2.57 bits per heavy atom. The van der Waals surface area contributed by atoms with Crippen molar-refractivity contribution in [3.63, 3.8) is 0 Å². The van der Waals surface area contributed by atoms with Crippen LogP contribution in [0.15, 0.2) is 66.7 Å². The minimum atomic E-state index is -0.460. The SMILES string of the molecule is C[C@@H]1CCCCO[C@H](CN(C)Cc2ccc3c(c2)OCO3)[C@@H](C)CN([C@@H](C)CO)C(=O)c2cc(NC(=O)c3ccccc3)ccc2O1. The van der Waals surface area contributed by atoms with Crippen LogP contribution < -0.4 is 19.5 Å². The highest BCUT2D eigenvalue weighted by atomic mass is 16.7. The van der Waals surface area contributed by atoms with E-state index in [9.17, 15) is 14.7 Å². The molecule has 2 N–H and O–H groups in total. The van der Waals surface area contributed by atoms with Crippen molar-refractivity contribution in [2.45, 2.75) is 64.8 Å². The first kappa shape index (κ1) is 34.2. The van der Waals surface area contributed by atoms with Crippen LogP contribution in [0.3, 0.4) is 0 Å². The number of carbonyl (C=O) groups is 2. The third-order valence-electron chi connectivity index (χ3n) is 8.73. The molecule has 2 aliphatic heterocycles. The van der Waals surface area contributed by atoms with Crippen molar-refractivity contribution in [2.75, 3.05) is 45.5 Å². The van der Waals surface area contributed by atoms with Crippen LogP contribution in [-0.2, 0) is 11.3 Å². The highest BCUT2D eigenvalue weighted by molar-refractivity contribution is 6.05. The molecule has 47 heavy (non-hydrogen) atoms. The molecule has 2 amide bonds. The second-order valence-corrected chi connectivity index (χ2v) is 12.7. The van der Waals surface area contributed by atoms with Crippen LogP contribution in [0.25, 0.3) is 0 Å². The van der Waals surface area contributed by atoms with E-state index in [0.29, 0.717) is 48.8 Å². The van der Waals surface area contributed by atoms with E-state index in [2.05, 4.69) is 24.2 Å². The van der Waals surface area contributed by atoms with Crippen molar-refractivity contribution < 1.29 is 33.6 Å². The second kappa shape index (κ2) is 16.1. The number of rotatable bonds is 8. The molecule has 3 aromatic carbocycles. The molecule has 3 aromatic rings. The lowest BCUT2D eigenvalue weighted by Crippen LogP contribution is -2.47. The maximum atomic E-state index is 14.4. The van der Waals surface area contributed by atoms with Crippen LogP contribution in [0.5, 0.6) is 17.2 Å². The monoisotopic (exact) mass is 645 g/mol. The van der Waals surface area contributed by atoms with E-state index in [4.69, 9.17) is 18.9 Å². The van der Waals surface area contributed by atoms with E-state index in [1.165, 1.54) is 0 Å². The lowest BCUT2D eigenvalue weighted by molar-refractivity contribution is -0.0177. The topological polar surface area (TPSA) is 110 Å². The number of hydrogen-bond acceptors (Lipinski definition) is 8. The molecule has 0 fully saturated rings. The zero-order valence-corrected chi connectivity index (χ0v) is 27.8. The first-order valence-corrected chi connectivity index (χ1v) is 16.5. The lowest BCUT2D eigenvalue weighted by Gasteiger charge is -2.36. The molecule has 252 valence electrons. The number of carbonyl (C=O) groups excluding carboxylic acids is 2. The van der Waals surface area contributed by atoms with Crippen molar-refractivity contribution >= 4 is 17.5 Å². The Kier molecular flexibility index (Phi) is 11.7. The largest absolute Gasteiger partial charge is 0.490 e. The predicted octanol–water partition coefficient (Wildman–Crippen LogP) is 5.60. The Morgan fingerprint density at radius 2 is 1.79 bits per heavy atom. The summed E-state index contributed by atoms with van der Waals surface area (Å²) < 4.78 is 23.9. The van der Waals surface area contributed by atoms with Gasteiger partial charge in [0.05, 0.1) is 30.4 Å². The normalized spacial score (nSPS) is 21.0. The van der Waals surface area contributed by atoms with Crippen LogP contribution >= 0.6 is 0 Å². The minimum Gasteiger partial charge on any atom is -0.490 e. The Labute approximate surface area is 277 Å². The van der Waals surface area contributed by atoms with Gasteiger partial charge in [-0.05, 0) is 88.2 Å². The van der Waals surface area contributed by atoms with Gasteiger partial charge in [-0.1, -0.05) is 31.2 Å². The summed E-state index contributed by atoms with van der Waals surface area (Å²) >= 11 is 0. The van der Waals surface area contributed by atoms with E-state index in [1.54, 1.807) is 47.4 Å². The fourth-order valence-electron chi connectivity index (χ4n) is 5.98. The summed E-state index contributed by atoms with van der Waals surface area (Å²) in [5, 5.41) is 13.2. The van der Waals surface area contributed by atoms with E-state index < -0.39 is 6.04 Å². The molecule has 0 saturated heterocycles. The summed E-state index contributed by atoms with van der Waals surface area (Å²) in [4.78, 5) is 31.2. The molecule has 5 rings (SSSR count). The molecular weight excluding hydrogens is 598 g/mol. The van der Waals surface area contributed by atoms with Gasteiger partial charge < -0.3 is 34.3 Å². The van der Waals surface area contributed by atoms with Gasteiger partial charge in [-0.15, -0.1) is 0 Å². The fraction of sp³-hybridized carbons (Fsp3) is 0.459. The van der Waals surface area contributed by atoms with Crippen molar-refractivity contribution in [1.82, 2.24) is 9.80 Å². The number of fused-ring (bicyclic) bond motifs is 2. The smallest absolute Gasteiger partial charge is 0.258 e. The van der Waals surface area contributed by atoms with Gasteiger partial charge >= 0.3 is 0 Å². The Bertz CT molecular complexity index is 1500. The number of anilines is 1. The first-order chi connectivity index (χ1) is 22.7. The summed E-state index contributed by atoms with van der Waals surface area (Å²) in [6.45, 7) is 8.26. The van der Waals surface area contributed by atoms with Gasteiger partial charge in [0.25, 0.3) is 11.8 Å². The van der Waals surface area contributed by atoms with Gasteiger partial charge in [-0.25, -0.2) is 0 Å². The second-order valence-electron chi connectivity index (χ2n) is 12.7. The number of nitrogens with one attached hydrogen (secondary N) is 1. The standard InChI is InChI=1S/C37H47N3O7/c1-25-20-40(26(2)23-41)37(43)31-19-30(38-36(42)29-11-6-5-7-12-29)14-16-32(31)47-27(3)10-8-9-17-44-35(25)22-39(4)21-28-13-15-33-34(18-28)46-24-45-33/h5-7,11-16,18-19,25-27,35,41H,8-10,17,20-24H2,1-4H3,(H,38,42)/t25-,26-,27+,35+/m0/s1. The highest BCUT2D eigenvalue weighted by Crippen LogP contribution is 2.33. The summed E-state index contributed by atoms with van der Waals surface area (Å²) in [6.07, 6.45) is 2.29. The van der Waals surface area contributed by atoms with E-state index in [-0.39, 0.29) is 43.3 Å². The summed E-state index contributed by atoms with van der Waals surface area (Å²) in [5.74, 6) is 1.37. The maximum absolute atomic E-state index is 14.4. The van der Waals surface area contributed by atoms with Crippen LogP contribution in [0.2, 0.25) is 0 Å². The molecule has 2 aliphatic rings. The number of hydrogen-bond donors (Lipinski definition) is 2. The van der Waals surface area contributed by atoms with Crippen LogP contribution in [0.1, 0.15) is 66.3 Å². The van der Waals surface area contributed by atoms with E-state index in [1.807, 2.05) is 38.1 Å². The predicted molar refractivity (Wildman–Crippen MR) is 180 cm³/mol. The van der Waals surface area contributed by atoms with Crippen molar-refractivity contribution in [1.29, 1.82) is 0 Å². The number of likely N-dealkylation sites (N-methyl/N-ethyl adjacent to an activating group) is 1. The number of ether oxygens (including phenoxy) is 4. The van der Waals surface area contributed by atoms with E-state index >= 15 is 0 Å². The Balaban J connectivity index is 1.38. The third kappa shape index (κ3) is 9.03. The quantitative estimate of drug-likeness (QED) is 0.326. The molecule has 2 heterocycles. The van der Waals surface area contributed by atoms with Gasteiger partial charge in [-0.3, -0.25) is 14.5 Å². The molecule has 0 saturated carbocycles. The number of nitrogens with zero attached hydrogens (tertiary/aromatic N) is 2. The lowest BCUT2D eigenvalue weighted by atomic mass is 10.0. The summed E-state index contributed by atoms with van der Waals surface area (Å²) in [5.41, 5.74) is 2.45. The first-order valence-electron chi connectivity index (χ1n) is 16.5. The minimum absolute atomic E-state index is 0.0562. The molecular formula is C37H47N3O7. The summed E-state index contributed by atoms with van der Waals surface area (Å²) in [6, 6.07) is 19.6. The zero-order chi connectivity index (χ0) is 33.3. The zero-order valence-electron chi connectivity index (χ0n) is 27.8. The molecule has 4 atom stereocenters. The number of amides is 2. The van der Waals surface area contributed by atoms with Gasteiger partial charge in [0.1, 0.15) is 5.75 Å². The van der Waals surface area contributed by atoms with Crippen molar-refractivity contribution in [3.8, 4) is 17.2 Å². The fourth-order valence-corrected chi connectivity index (χ4v) is 5.98. The molecule has 0 radical (unpaired) electrons. The van der Waals surface area contributed by atoms with Gasteiger partial charge in [0.2, 0.25) is 6.79 Å². The molecule has 0 bridgehead atoms. The molecule has 10 nitrogen and oxygen atoms in total. The molecule has 0 spiro atoms. The van der Waals surface area contributed by atoms with E-state index in [0.717, 1.165) is 36.3 Å². The summed E-state index contributed by atoms with van der Waals surface area (Å²) in [7, 11) is 2.06. The number of aliphatic hydroxyl groups excluding tert-OH is 1. The molecule has 10 heteroatoms. The van der Waals surface area contributed by atoms with Gasteiger partial charge in [-0.2, -0.15) is 0 Å². The number of benzene rings is 3. The average molecular weight is 646 g/mol.